The van der Waals surface area contributed by atoms with Crippen LogP contribution in [0.1, 0.15) is 36.9 Å². The third-order valence-corrected chi connectivity index (χ3v) is 6.28. The Kier molecular flexibility index (Phi) is 7.95. The SMILES string of the molecule is COCCN1CC(NC(O)Nc2cc(C(C)C)nn2-c2ccccc2)C(c2ccc(F)cc2)C1. The minimum atomic E-state index is -0.991. The number of hydrogen-bond donors (Lipinski definition) is 3. The van der Waals surface area contributed by atoms with Crippen molar-refractivity contribution in [2.24, 2.45) is 0 Å². The monoisotopic (exact) mass is 467 g/mol. The standard InChI is InChI=1S/C26H34FN5O2/c1-18(2)23-15-25(32(30-23)21-7-5-4-6-8-21)29-26(33)28-24-17-31(13-14-34-3)16-22(24)19-9-11-20(27)12-10-19/h4-12,15,18,22,24,26,28-29,33H,13-14,16-17H2,1-3H3. The highest BCUT2D eigenvalue weighted by Gasteiger charge is 2.34. The lowest BCUT2D eigenvalue weighted by molar-refractivity contribution is 0.140. The number of anilines is 1. The number of nitrogens with zero attached hydrogens (tertiary/aromatic N) is 3. The molecule has 3 unspecified atom stereocenters. The molecule has 2 heterocycles. The molecular formula is C26H34FN5O2. The molecule has 0 radical (unpaired) electrons. The van der Waals surface area contributed by atoms with E-state index in [1.807, 2.05) is 53.2 Å². The van der Waals surface area contributed by atoms with Crippen LogP contribution < -0.4 is 10.6 Å². The summed E-state index contributed by atoms with van der Waals surface area (Å²) in [6, 6.07) is 18.4. The number of aliphatic hydroxyl groups is 1. The zero-order valence-electron chi connectivity index (χ0n) is 20.0. The molecule has 1 aliphatic rings. The van der Waals surface area contributed by atoms with Crippen molar-refractivity contribution in [1.29, 1.82) is 0 Å². The molecular weight excluding hydrogens is 433 g/mol. The van der Waals surface area contributed by atoms with Gasteiger partial charge in [0.25, 0.3) is 0 Å². The fourth-order valence-electron chi connectivity index (χ4n) is 4.44. The summed E-state index contributed by atoms with van der Waals surface area (Å²) < 4.78 is 20.6. The number of aromatic nitrogens is 2. The summed E-state index contributed by atoms with van der Waals surface area (Å²) in [6.45, 7) is 7.18. The van der Waals surface area contributed by atoms with Crippen molar-refractivity contribution >= 4 is 5.82 Å². The second kappa shape index (κ2) is 11.1. The van der Waals surface area contributed by atoms with E-state index in [9.17, 15) is 9.50 Å². The fourth-order valence-corrected chi connectivity index (χ4v) is 4.44. The molecule has 1 fully saturated rings. The maximum atomic E-state index is 13.5. The largest absolute Gasteiger partial charge is 0.383 e. The Morgan fingerprint density at radius 2 is 1.85 bits per heavy atom. The predicted octanol–water partition coefficient (Wildman–Crippen LogP) is 3.53. The number of hydrogen-bond acceptors (Lipinski definition) is 6. The van der Waals surface area contributed by atoms with Crippen molar-refractivity contribution in [3.05, 3.63) is 77.7 Å². The van der Waals surface area contributed by atoms with Gasteiger partial charge in [-0.25, -0.2) is 9.07 Å². The lowest BCUT2D eigenvalue weighted by atomic mass is 9.94. The average Bonchev–Trinajstić information content (AvgIpc) is 3.43. The molecule has 0 bridgehead atoms. The van der Waals surface area contributed by atoms with Gasteiger partial charge in [0.1, 0.15) is 11.6 Å². The van der Waals surface area contributed by atoms with Crippen molar-refractivity contribution in [3.63, 3.8) is 0 Å². The van der Waals surface area contributed by atoms with Crippen LogP contribution in [0.4, 0.5) is 10.2 Å². The van der Waals surface area contributed by atoms with E-state index < -0.39 is 6.35 Å². The predicted molar refractivity (Wildman–Crippen MR) is 132 cm³/mol. The Bertz CT molecular complexity index is 1040. The van der Waals surface area contributed by atoms with E-state index in [2.05, 4.69) is 29.4 Å². The molecule has 0 saturated carbocycles. The molecule has 0 spiro atoms. The molecule has 3 atom stereocenters. The van der Waals surface area contributed by atoms with Crippen LogP contribution in [0.15, 0.2) is 60.7 Å². The number of methoxy groups -OCH3 is 1. The van der Waals surface area contributed by atoms with Gasteiger partial charge in [0.05, 0.1) is 18.0 Å². The zero-order valence-corrected chi connectivity index (χ0v) is 20.0. The quantitative estimate of drug-likeness (QED) is 0.396. The highest BCUT2D eigenvalue weighted by atomic mass is 19.1. The molecule has 7 nitrogen and oxygen atoms in total. The molecule has 0 amide bonds. The average molecular weight is 468 g/mol. The molecule has 34 heavy (non-hydrogen) atoms. The van der Waals surface area contributed by atoms with E-state index in [1.54, 1.807) is 7.11 Å². The van der Waals surface area contributed by atoms with Gasteiger partial charge in [-0.05, 0) is 35.7 Å². The number of para-hydroxylation sites is 1. The Balaban J connectivity index is 1.51. The second-order valence-corrected chi connectivity index (χ2v) is 9.09. The first kappa shape index (κ1) is 24.3. The second-order valence-electron chi connectivity index (χ2n) is 9.09. The molecule has 3 aromatic rings. The van der Waals surface area contributed by atoms with E-state index >= 15 is 0 Å². The van der Waals surface area contributed by atoms with Crippen molar-refractivity contribution < 1.29 is 14.2 Å². The van der Waals surface area contributed by atoms with Gasteiger partial charge in [-0.2, -0.15) is 5.10 Å². The van der Waals surface area contributed by atoms with Gasteiger partial charge in [-0.1, -0.05) is 44.2 Å². The molecule has 2 aromatic carbocycles. The van der Waals surface area contributed by atoms with E-state index in [4.69, 9.17) is 9.84 Å². The van der Waals surface area contributed by atoms with Crippen LogP contribution in [0.5, 0.6) is 0 Å². The van der Waals surface area contributed by atoms with Crippen molar-refractivity contribution in [2.75, 3.05) is 38.7 Å². The van der Waals surface area contributed by atoms with Crippen molar-refractivity contribution in [2.45, 2.75) is 38.1 Å². The Hall–Kier alpha value is -2.78. The summed E-state index contributed by atoms with van der Waals surface area (Å²) in [6.07, 6.45) is -0.991. The number of likely N-dealkylation sites (tertiary alicyclic amines) is 1. The molecule has 4 rings (SSSR count). The topological polar surface area (TPSA) is 74.6 Å². The number of halogens is 1. The smallest absolute Gasteiger partial charge is 0.182 e. The highest BCUT2D eigenvalue weighted by Crippen LogP contribution is 2.29. The molecule has 182 valence electrons. The minimum absolute atomic E-state index is 0.0255. The van der Waals surface area contributed by atoms with Gasteiger partial charge in [0.2, 0.25) is 0 Å². The van der Waals surface area contributed by atoms with Gasteiger partial charge < -0.3 is 15.2 Å². The number of nitrogens with one attached hydrogen (secondary N) is 2. The van der Waals surface area contributed by atoms with Crippen LogP contribution >= 0.6 is 0 Å². The Labute approximate surface area is 200 Å². The van der Waals surface area contributed by atoms with E-state index in [0.29, 0.717) is 12.4 Å². The number of ether oxygens (including phenoxy) is 1. The molecule has 0 aliphatic carbocycles. The number of rotatable bonds is 10. The van der Waals surface area contributed by atoms with Gasteiger partial charge in [0.15, 0.2) is 6.35 Å². The zero-order chi connectivity index (χ0) is 24.1. The summed E-state index contributed by atoms with van der Waals surface area (Å²) in [5.74, 6) is 0.823. The summed E-state index contributed by atoms with van der Waals surface area (Å²) in [5.41, 5.74) is 2.90. The third-order valence-electron chi connectivity index (χ3n) is 6.28. The van der Waals surface area contributed by atoms with E-state index in [-0.39, 0.29) is 23.7 Å². The van der Waals surface area contributed by atoms with Crippen LogP contribution in [-0.2, 0) is 4.74 Å². The van der Waals surface area contributed by atoms with Crippen LogP contribution in [0.25, 0.3) is 5.69 Å². The first-order valence-electron chi connectivity index (χ1n) is 11.8. The minimum Gasteiger partial charge on any atom is -0.383 e. The first-order chi connectivity index (χ1) is 16.4. The summed E-state index contributed by atoms with van der Waals surface area (Å²) in [7, 11) is 1.69. The maximum Gasteiger partial charge on any atom is 0.182 e. The van der Waals surface area contributed by atoms with Crippen LogP contribution in [-0.4, -0.2) is 65.5 Å². The van der Waals surface area contributed by atoms with Gasteiger partial charge in [-0.15, -0.1) is 0 Å². The number of aliphatic hydroxyl groups excluding tert-OH is 1. The van der Waals surface area contributed by atoms with E-state index in [0.717, 1.165) is 36.6 Å². The summed E-state index contributed by atoms with van der Waals surface area (Å²) >= 11 is 0. The third kappa shape index (κ3) is 5.82. The normalized spacial score (nSPS) is 19.6. The summed E-state index contributed by atoms with van der Waals surface area (Å²) in [4.78, 5) is 2.30. The highest BCUT2D eigenvalue weighted by molar-refractivity contribution is 5.47. The summed E-state index contributed by atoms with van der Waals surface area (Å²) in [5, 5.41) is 22.3. The fraction of sp³-hybridized carbons (Fsp3) is 0.423. The molecule has 3 N–H and O–H groups in total. The molecule has 1 aliphatic heterocycles. The Morgan fingerprint density at radius 3 is 2.53 bits per heavy atom. The first-order valence-corrected chi connectivity index (χ1v) is 11.8. The van der Waals surface area contributed by atoms with E-state index in [1.165, 1.54) is 12.1 Å². The lowest BCUT2D eigenvalue weighted by Crippen LogP contribution is -2.46. The maximum absolute atomic E-state index is 13.5. The molecule has 1 aromatic heterocycles. The Morgan fingerprint density at radius 1 is 1.12 bits per heavy atom. The van der Waals surface area contributed by atoms with Crippen LogP contribution in [0.3, 0.4) is 0 Å². The number of benzene rings is 2. The van der Waals surface area contributed by atoms with Crippen LogP contribution in [0, 0.1) is 5.82 Å². The van der Waals surface area contributed by atoms with Gasteiger partial charge in [-0.3, -0.25) is 10.2 Å². The lowest BCUT2D eigenvalue weighted by Gasteiger charge is -2.25. The van der Waals surface area contributed by atoms with Crippen molar-refractivity contribution in [3.8, 4) is 5.69 Å². The van der Waals surface area contributed by atoms with Crippen LogP contribution in [0.2, 0.25) is 0 Å². The van der Waals surface area contributed by atoms with Gasteiger partial charge in [0, 0.05) is 44.8 Å². The van der Waals surface area contributed by atoms with Gasteiger partial charge >= 0.3 is 0 Å². The molecule has 8 heteroatoms. The molecule has 1 saturated heterocycles. The van der Waals surface area contributed by atoms with Crippen molar-refractivity contribution in [1.82, 2.24) is 20.0 Å².